The lowest BCUT2D eigenvalue weighted by molar-refractivity contribution is -0.161. The van der Waals surface area contributed by atoms with Crippen LogP contribution in [0.3, 0.4) is 0 Å². The van der Waals surface area contributed by atoms with Gasteiger partial charge in [-0.1, -0.05) is 299 Å². The number of aliphatic hydroxyl groups excluding tert-OH is 1. The van der Waals surface area contributed by atoms with Gasteiger partial charge in [-0.2, -0.15) is 0 Å². The van der Waals surface area contributed by atoms with Crippen LogP contribution in [-0.2, 0) is 65.4 Å². The van der Waals surface area contributed by atoms with Gasteiger partial charge in [0.15, 0.2) is 12.2 Å². The highest BCUT2D eigenvalue weighted by Crippen LogP contribution is 2.45. The fourth-order valence-electron chi connectivity index (χ4n) is 10.5. The van der Waals surface area contributed by atoms with E-state index < -0.39 is 97.5 Å². The summed E-state index contributed by atoms with van der Waals surface area (Å²) in [4.78, 5) is 72.5. The fourth-order valence-corrected chi connectivity index (χ4v) is 12.1. The number of carbonyl (C=O) groups is 4. The molecule has 0 radical (unpaired) electrons. The number of esters is 4. The second-order valence-electron chi connectivity index (χ2n) is 26.7. The molecule has 0 aromatic rings. The van der Waals surface area contributed by atoms with Gasteiger partial charge in [-0.05, 0) is 43.4 Å². The van der Waals surface area contributed by atoms with Gasteiger partial charge in [0.1, 0.15) is 19.3 Å². The van der Waals surface area contributed by atoms with E-state index in [2.05, 4.69) is 48.5 Å². The summed E-state index contributed by atoms with van der Waals surface area (Å²) in [7, 11) is -9.90. The Kier molecular flexibility index (Phi) is 59.6. The number of hydrogen-bond donors (Lipinski definition) is 3. The minimum Gasteiger partial charge on any atom is -0.462 e. The summed E-state index contributed by atoms with van der Waals surface area (Å²) in [6, 6.07) is 0. The van der Waals surface area contributed by atoms with Crippen molar-refractivity contribution in [1.29, 1.82) is 0 Å². The van der Waals surface area contributed by atoms with Crippen LogP contribution in [0.25, 0.3) is 0 Å². The average Bonchev–Trinajstić information content (AvgIpc) is 3.70. The van der Waals surface area contributed by atoms with Crippen LogP contribution in [0.5, 0.6) is 0 Å². The first-order valence-electron chi connectivity index (χ1n) is 36.3. The highest BCUT2D eigenvalue weighted by molar-refractivity contribution is 7.47. The molecule has 19 heteroatoms. The monoisotopic (exact) mass is 1310 g/mol. The third-order valence-corrected chi connectivity index (χ3v) is 18.0. The predicted molar refractivity (Wildman–Crippen MR) is 358 cm³/mol. The van der Waals surface area contributed by atoms with E-state index in [-0.39, 0.29) is 25.7 Å². The summed E-state index contributed by atoms with van der Waals surface area (Å²) in [6.45, 7) is 11.7. The molecule has 17 nitrogen and oxygen atoms in total. The first kappa shape index (κ1) is 87.1. The molecule has 0 aliphatic carbocycles. The van der Waals surface area contributed by atoms with Gasteiger partial charge in [0.2, 0.25) is 0 Å². The normalized spacial score (nSPS) is 14.2. The number of hydrogen-bond acceptors (Lipinski definition) is 15. The molecule has 0 rings (SSSR count). The molecule has 528 valence electrons. The molecule has 0 bridgehead atoms. The van der Waals surface area contributed by atoms with Crippen LogP contribution < -0.4 is 0 Å². The molecule has 0 amide bonds. The standard InChI is InChI=1S/C70H136O17P2/c1-8-9-10-11-12-13-14-15-16-17-18-25-30-39-46-53-69(74)86-65(57-80-67(72)51-44-37-29-24-20-19-22-27-34-41-48-61(2)3)59-84-88(76,77)82-55-64(71)56-83-89(78,79)85-60-66(58-81-68(73)52-45-38-33-32-36-43-50-63(6)7)87-70(75)54-47-40-31-26-21-23-28-35-42-49-62(4)5/h61-66,71H,8-60H2,1-7H3,(H,76,77)(H,78,79)/t64-,65-,66-/m1/s1. The van der Waals surface area contributed by atoms with Crippen LogP contribution in [0.15, 0.2) is 0 Å². The first-order valence-corrected chi connectivity index (χ1v) is 39.3. The van der Waals surface area contributed by atoms with Crippen molar-refractivity contribution in [1.82, 2.24) is 0 Å². The quantitative estimate of drug-likeness (QED) is 0.0222. The average molecular weight is 1310 g/mol. The van der Waals surface area contributed by atoms with Gasteiger partial charge in [0, 0.05) is 25.7 Å². The molecule has 2 unspecified atom stereocenters. The van der Waals surface area contributed by atoms with Gasteiger partial charge in [-0.3, -0.25) is 37.3 Å². The minimum atomic E-state index is -4.95. The molecule has 0 heterocycles. The summed E-state index contributed by atoms with van der Waals surface area (Å²) in [5.74, 6) is 0.0467. The zero-order chi connectivity index (χ0) is 65.9. The lowest BCUT2D eigenvalue weighted by atomic mass is 10.0. The van der Waals surface area contributed by atoms with Gasteiger partial charge in [0.25, 0.3) is 0 Å². The van der Waals surface area contributed by atoms with Gasteiger partial charge < -0.3 is 33.8 Å². The van der Waals surface area contributed by atoms with Crippen molar-refractivity contribution in [3.05, 3.63) is 0 Å². The Morgan fingerprint density at radius 3 is 0.764 bits per heavy atom. The summed E-state index contributed by atoms with van der Waals surface area (Å²) >= 11 is 0. The Labute approximate surface area is 543 Å². The lowest BCUT2D eigenvalue weighted by Gasteiger charge is -2.21. The smallest absolute Gasteiger partial charge is 0.462 e. The molecule has 89 heavy (non-hydrogen) atoms. The lowest BCUT2D eigenvalue weighted by Crippen LogP contribution is -2.30. The largest absolute Gasteiger partial charge is 0.472 e. The zero-order valence-corrected chi connectivity index (χ0v) is 59.7. The van der Waals surface area contributed by atoms with Crippen molar-refractivity contribution in [2.24, 2.45) is 17.8 Å². The zero-order valence-electron chi connectivity index (χ0n) is 57.9. The second kappa shape index (κ2) is 61.0. The molecule has 5 atom stereocenters. The molecule has 0 aliphatic heterocycles. The van der Waals surface area contributed by atoms with E-state index in [1.165, 1.54) is 154 Å². The number of phosphoric ester groups is 2. The molecule has 0 fully saturated rings. The SMILES string of the molecule is CCCCCCCCCCCCCCCCCC(=O)O[C@H](COC(=O)CCCCCCCCCCCCC(C)C)COP(=O)(O)OC[C@@H](O)COP(=O)(O)OC[C@@H](COC(=O)CCCCCCCCC(C)C)OC(=O)CCCCCCCCCCCC(C)C. The van der Waals surface area contributed by atoms with Gasteiger partial charge in [-0.15, -0.1) is 0 Å². The van der Waals surface area contributed by atoms with Gasteiger partial charge >= 0.3 is 39.5 Å². The fraction of sp³-hybridized carbons (Fsp3) is 0.943. The Bertz CT molecular complexity index is 1750. The Morgan fingerprint density at radius 2 is 0.517 bits per heavy atom. The Hall–Kier alpha value is -1.94. The third kappa shape index (κ3) is 64.6. The molecule has 0 saturated carbocycles. The van der Waals surface area contributed by atoms with Crippen molar-refractivity contribution in [2.75, 3.05) is 39.6 Å². The molecule has 0 aliphatic rings. The topological polar surface area (TPSA) is 237 Å². The number of ether oxygens (including phenoxy) is 4. The maximum atomic E-state index is 13.0. The van der Waals surface area contributed by atoms with E-state index in [0.29, 0.717) is 31.6 Å². The highest BCUT2D eigenvalue weighted by Gasteiger charge is 2.30. The molecule has 3 N–H and O–H groups in total. The van der Waals surface area contributed by atoms with Crippen molar-refractivity contribution in [3.8, 4) is 0 Å². The maximum absolute atomic E-state index is 13.0. The minimum absolute atomic E-state index is 0.104. The van der Waals surface area contributed by atoms with E-state index in [1.807, 2.05) is 0 Å². The number of carbonyl (C=O) groups excluding carboxylic acids is 4. The number of aliphatic hydroxyl groups is 1. The van der Waals surface area contributed by atoms with Crippen molar-refractivity contribution >= 4 is 39.5 Å². The van der Waals surface area contributed by atoms with Crippen LogP contribution in [0.2, 0.25) is 0 Å². The van der Waals surface area contributed by atoms with Crippen LogP contribution >= 0.6 is 15.6 Å². The van der Waals surface area contributed by atoms with Gasteiger partial charge in [-0.25, -0.2) is 9.13 Å². The van der Waals surface area contributed by atoms with Crippen molar-refractivity contribution in [2.45, 2.75) is 369 Å². The van der Waals surface area contributed by atoms with Crippen LogP contribution in [0, 0.1) is 17.8 Å². The Balaban J connectivity index is 5.25. The molecule has 0 saturated heterocycles. The first-order chi connectivity index (χ1) is 42.7. The summed E-state index contributed by atoms with van der Waals surface area (Å²) < 4.78 is 68.3. The third-order valence-electron chi connectivity index (χ3n) is 16.1. The molecule has 0 aromatic carbocycles. The number of phosphoric acid groups is 2. The molecule has 0 aromatic heterocycles. The summed E-state index contributed by atoms with van der Waals surface area (Å²) in [5.41, 5.74) is 0. The summed E-state index contributed by atoms with van der Waals surface area (Å²) in [5, 5.41) is 10.6. The number of rotatable bonds is 68. The molecular weight excluding hydrogens is 1170 g/mol. The van der Waals surface area contributed by atoms with Gasteiger partial charge in [0.05, 0.1) is 26.4 Å². The second-order valence-corrected chi connectivity index (χ2v) is 29.6. The van der Waals surface area contributed by atoms with Crippen LogP contribution in [0.4, 0.5) is 0 Å². The predicted octanol–water partition coefficient (Wildman–Crippen LogP) is 19.8. The molecular formula is C70H136O17P2. The maximum Gasteiger partial charge on any atom is 0.472 e. The summed E-state index contributed by atoms with van der Waals surface area (Å²) in [6.07, 6.45) is 44.5. The van der Waals surface area contributed by atoms with Crippen LogP contribution in [0.1, 0.15) is 350 Å². The highest BCUT2D eigenvalue weighted by atomic mass is 31.2. The van der Waals surface area contributed by atoms with E-state index in [9.17, 15) is 43.2 Å². The molecule has 0 spiro atoms. The van der Waals surface area contributed by atoms with Crippen molar-refractivity contribution in [3.63, 3.8) is 0 Å². The van der Waals surface area contributed by atoms with Crippen molar-refractivity contribution < 1.29 is 80.2 Å². The van der Waals surface area contributed by atoms with E-state index in [1.54, 1.807) is 0 Å². The Morgan fingerprint density at radius 1 is 0.303 bits per heavy atom. The number of unbranched alkanes of at least 4 members (excludes halogenated alkanes) is 36. The van der Waals surface area contributed by atoms with E-state index >= 15 is 0 Å². The van der Waals surface area contributed by atoms with Crippen LogP contribution in [-0.4, -0.2) is 96.7 Å². The van der Waals surface area contributed by atoms with E-state index in [4.69, 9.17) is 37.0 Å². The van der Waals surface area contributed by atoms with E-state index in [0.717, 1.165) is 108 Å².